The van der Waals surface area contributed by atoms with Gasteiger partial charge >= 0.3 is 12.4 Å². The Morgan fingerprint density at radius 3 is 1.08 bits per heavy atom. The fourth-order valence-corrected chi connectivity index (χ4v) is 2.80. The molecule has 0 fully saturated rings. The van der Waals surface area contributed by atoms with Crippen LogP contribution in [0.4, 0.5) is 68.5 Å². The molecule has 37 heavy (non-hydrogen) atoms. The number of rotatable bonds is 4. The molecule has 3 rings (SSSR count). The minimum absolute atomic E-state index is 0.202. The summed E-state index contributed by atoms with van der Waals surface area (Å²) in [5.74, 6) is -23.8. The fraction of sp³-hybridized carbons (Fsp3) is 0.100. The van der Waals surface area contributed by atoms with Crippen molar-refractivity contribution in [2.75, 3.05) is 11.5 Å². The summed E-state index contributed by atoms with van der Waals surface area (Å²) in [6.07, 6.45) is -11.8. The fourth-order valence-electron chi connectivity index (χ4n) is 2.80. The average Bonchev–Trinajstić information content (AvgIpc) is 2.76. The van der Waals surface area contributed by atoms with E-state index < -0.39 is 105 Å². The van der Waals surface area contributed by atoms with E-state index >= 15 is 4.39 Å². The Labute approximate surface area is 195 Å². The van der Waals surface area contributed by atoms with E-state index in [4.69, 9.17) is 11.5 Å². The molecular formula is C20H7F13N2O2. The smallest absolute Gasteiger partial charge is 0.420 e. The maximum atomic E-state index is 15.2. The number of ether oxygens (including phenoxy) is 2. The van der Waals surface area contributed by atoms with Gasteiger partial charge in [-0.25, -0.2) is 26.3 Å². The van der Waals surface area contributed by atoms with Crippen molar-refractivity contribution in [1.29, 1.82) is 0 Å². The van der Waals surface area contributed by atoms with Crippen LogP contribution in [0.5, 0.6) is 23.0 Å². The number of anilines is 2. The lowest BCUT2D eigenvalue weighted by Gasteiger charge is -2.22. The zero-order valence-electron chi connectivity index (χ0n) is 17.1. The summed E-state index contributed by atoms with van der Waals surface area (Å²) in [6.45, 7) is 0. The summed E-state index contributed by atoms with van der Waals surface area (Å²) in [5.41, 5.74) is 1.53. The van der Waals surface area contributed by atoms with Gasteiger partial charge in [0.1, 0.15) is 22.5 Å². The second-order valence-corrected chi connectivity index (χ2v) is 6.94. The van der Waals surface area contributed by atoms with Crippen molar-refractivity contribution in [2.24, 2.45) is 0 Å². The van der Waals surface area contributed by atoms with Crippen LogP contribution in [0.1, 0.15) is 11.1 Å². The molecule has 4 nitrogen and oxygen atoms in total. The Morgan fingerprint density at radius 1 is 0.459 bits per heavy atom. The lowest BCUT2D eigenvalue weighted by molar-refractivity contribution is -0.144. The number of hydrogen-bond donors (Lipinski definition) is 2. The Morgan fingerprint density at radius 2 is 0.784 bits per heavy atom. The number of nitrogens with two attached hydrogens (primary N) is 2. The third-order valence-electron chi connectivity index (χ3n) is 4.52. The number of halogens is 13. The molecule has 0 radical (unpaired) electrons. The first-order valence-corrected chi connectivity index (χ1v) is 9.08. The van der Waals surface area contributed by atoms with Gasteiger partial charge in [0.25, 0.3) is 0 Å². The van der Waals surface area contributed by atoms with Crippen LogP contribution in [0.25, 0.3) is 0 Å². The van der Waals surface area contributed by atoms with Gasteiger partial charge in [-0.05, 0) is 6.07 Å². The van der Waals surface area contributed by atoms with Crippen LogP contribution in [-0.2, 0) is 12.4 Å². The summed E-state index contributed by atoms with van der Waals surface area (Å²) in [7, 11) is 0. The van der Waals surface area contributed by atoms with Crippen LogP contribution in [0, 0.1) is 40.7 Å². The van der Waals surface area contributed by atoms with Crippen molar-refractivity contribution in [3.63, 3.8) is 0 Å². The van der Waals surface area contributed by atoms with Crippen molar-refractivity contribution < 1.29 is 66.5 Å². The lowest BCUT2D eigenvalue weighted by Crippen LogP contribution is -2.16. The van der Waals surface area contributed by atoms with E-state index in [1.54, 1.807) is 0 Å². The summed E-state index contributed by atoms with van der Waals surface area (Å²) in [4.78, 5) is 0. The molecule has 0 aliphatic rings. The molecule has 0 unspecified atom stereocenters. The van der Waals surface area contributed by atoms with Crippen LogP contribution >= 0.6 is 0 Å². The first-order valence-electron chi connectivity index (χ1n) is 9.08. The standard InChI is InChI=1S/C20H7F13N2O2/c21-6-2-8(23)17(10(25)13(6)34)36-15-4(19(28,29)30)1-5(20(31,32)33)16(12(15)27)37-18-9(24)3-7(22)14(35)11(18)26/h1-3H,34-35H2. The normalized spacial score (nSPS) is 12.1. The van der Waals surface area contributed by atoms with Gasteiger partial charge in [-0.15, -0.1) is 0 Å². The van der Waals surface area contributed by atoms with Crippen molar-refractivity contribution in [2.45, 2.75) is 12.4 Å². The molecule has 0 bridgehead atoms. The second-order valence-electron chi connectivity index (χ2n) is 6.94. The number of alkyl halides is 6. The van der Waals surface area contributed by atoms with Gasteiger partial charge in [-0.1, -0.05) is 0 Å². The average molecular weight is 554 g/mol. The molecule has 0 spiro atoms. The highest BCUT2D eigenvalue weighted by atomic mass is 19.4. The zero-order valence-corrected chi connectivity index (χ0v) is 17.1. The maximum Gasteiger partial charge on any atom is 0.420 e. The first kappa shape index (κ1) is 27.5. The third-order valence-corrected chi connectivity index (χ3v) is 4.52. The molecule has 0 aliphatic heterocycles. The first-order chi connectivity index (χ1) is 16.9. The summed E-state index contributed by atoms with van der Waals surface area (Å²) in [5, 5.41) is 0. The second kappa shape index (κ2) is 9.11. The molecule has 0 heterocycles. The molecule has 0 atom stereocenters. The number of nitrogen functional groups attached to an aromatic ring is 2. The van der Waals surface area contributed by atoms with E-state index in [-0.39, 0.29) is 12.1 Å². The molecule has 0 saturated heterocycles. The minimum Gasteiger partial charge on any atom is -0.447 e. The van der Waals surface area contributed by atoms with Crippen molar-refractivity contribution >= 4 is 11.4 Å². The SMILES string of the molecule is Nc1c(F)cc(F)c(Oc2c(C(F)(F)F)cc(C(F)(F)F)c(Oc3c(F)cc(F)c(N)c3F)c2F)c1F. The van der Waals surface area contributed by atoms with Gasteiger partial charge in [0, 0.05) is 12.1 Å². The predicted molar refractivity (Wildman–Crippen MR) is 98.0 cm³/mol. The van der Waals surface area contributed by atoms with E-state index in [9.17, 15) is 52.7 Å². The van der Waals surface area contributed by atoms with Crippen LogP contribution in [0.3, 0.4) is 0 Å². The van der Waals surface area contributed by atoms with Gasteiger partial charge in [-0.3, -0.25) is 0 Å². The Balaban J connectivity index is 2.38. The van der Waals surface area contributed by atoms with E-state index in [1.807, 2.05) is 0 Å². The third kappa shape index (κ3) is 4.97. The van der Waals surface area contributed by atoms with Crippen molar-refractivity contribution in [3.05, 3.63) is 70.0 Å². The van der Waals surface area contributed by atoms with Crippen molar-refractivity contribution in [3.8, 4) is 23.0 Å². The summed E-state index contributed by atoms with van der Waals surface area (Å²) in [6, 6.07) is -1.27. The van der Waals surface area contributed by atoms with E-state index in [0.717, 1.165) is 0 Å². The van der Waals surface area contributed by atoms with Crippen LogP contribution < -0.4 is 20.9 Å². The summed E-state index contributed by atoms with van der Waals surface area (Å²) >= 11 is 0. The van der Waals surface area contributed by atoms with E-state index in [1.165, 1.54) is 0 Å². The molecule has 3 aromatic carbocycles. The predicted octanol–water partition coefficient (Wildman–Crippen LogP) is 7.45. The van der Waals surface area contributed by atoms with Crippen LogP contribution in [-0.4, -0.2) is 0 Å². The number of benzene rings is 3. The lowest BCUT2D eigenvalue weighted by atomic mass is 10.1. The highest BCUT2D eigenvalue weighted by Gasteiger charge is 2.45. The Bertz CT molecular complexity index is 1300. The van der Waals surface area contributed by atoms with Gasteiger partial charge in [0.15, 0.2) is 46.4 Å². The molecule has 0 aliphatic carbocycles. The zero-order chi connectivity index (χ0) is 28.2. The molecule has 0 amide bonds. The molecule has 200 valence electrons. The number of hydrogen-bond acceptors (Lipinski definition) is 4. The van der Waals surface area contributed by atoms with Gasteiger partial charge in [0.2, 0.25) is 17.3 Å². The molecule has 3 aromatic rings. The molecular weight excluding hydrogens is 547 g/mol. The quantitative estimate of drug-likeness (QED) is 0.260. The van der Waals surface area contributed by atoms with Gasteiger partial charge in [0.05, 0.1) is 0 Å². The summed E-state index contributed by atoms with van der Waals surface area (Å²) < 4.78 is 188. The van der Waals surface area contributed by atoms with E-state index in [2.05, 4.69) is 9.47 Å². The topological polar surface area (TPSA) is 70.5 Å². The van der Waals surface area contributed by atoms with Crippen LogP contribution in [0.15, 0.2) is 18.2 Å². The monoisotopic (exact) mass is 554 g/mol. The highest BCUT2D eigenvalue weighted by Crippen LogP contribution is 2.50. The Hall–Kier alpha value is -4.05. The highest BCUT2D eigenvalue weighted by molar-refractivity contribution is 5.57. The molecule has 0 aromatic heterocycles. The molecule has 4 N–H and O–H groups in total. The molecule has 0 saturated carbocycles. The molecule has 17 heteroatoms. The van der Waals surface area contributed by atoms with E-state index in [0.29, 0.717) is 0 Å². The Kier molecular flexibility index (Phi) is 6.78. The minimum atomic E-state index is -5.91. The maximum absolute atomic E-state index is 15.2. The largest absolute Gasteiger partial charge is 0.447 e. The van der Waals surface area contributed by atoms with Gasteiger partial charge < -0.3 is 20.9 Å². The van der Waals surface area contributed by atoms with Crippen molar-refractivity contribution in [1.82, 2.24) is 0 Å². The van der Waals surface area contributed by atoms with Gasteiger partial charge in [-0.2, -0.15) is 30.7 Å². The van der Waals surface area contributed by atoms with Crippen LogP contribution in [0.2, 0.25) is 0 Å².